The second-order valence-electron chi connectivity index (χ2n) is 4.95. The summed E-state index contributed by atoms with van der Waals surface area (Å²) in [7, 11) is 0. The lowest BCUT2D eigenvalue weighted by atomic mass is 10.00. The number of alkyl halides is 3. The summed E-state index contributed by atoms with van der Waals surface area (Å²) < 4.78 is 43.6. The van der Waals surface area contributed by atoms with E-state index in [0.29, 0.717) is 16.6 Å². The molecule has 0 N–H and O–H groups in total. The number of halogens is 3. The van der Waals surface area contributed by atoms with Gasteiger partial charge in [0.25, 0.3) is 0 Å². The number of benzene rings is 1. The van der Waals surface area contributed by atoms with Crippen LogP contribution in [0.25, 0.3) is 17.0 Å². The van der Waals surface area contributed by atoms with E-state index in [0.717, 1.165) is 12.1 Å². The summed E-state index contributed by atoms with van der Waals surface area (Å²) in [6, 6.07) is 3.31. The number of hydrogen-bond acceptors (Lipinski definition) is 3. The number of rotatable bonds is 3. The van der Waals surface area contributed by atoms with Crippen LogP contribution in [0.2, 0.25) is 0 Å². The first-order valence-corrected chi connectivity index (χ1v) is 7.11. The maximum Gasteiger partial charge on any atom is 0.416 e. The molecule has 0 saturated heterocycles. The quantitative estimate of drug-likeness (QED) is 0.764. The SMILES string of the molecule is C/C=C/c1nc2cc(C(F)(F)F)ccc2c(C)c1C(=O)OCC. The molecule has 1 aromatic carbocycles. The molecule has 23 heavy (non-hydrogen) atoms. The van der Waals surface area contributed by atoms with Gasteiger partial charge in [0.05, 0.1) is 28.9 Å². The Bertz CT molecular complexity index is 779. The normalized spacial score (nSPS) is 12.1. The van der Waals surface area contributed by atoms with E-state index < -0.39 is 17.7 Å². The standard InChI is InChI=1S/C17H16F3NO2/c1-4-6-13-15(16(22)23-5-2)10(3)12-8-7-11(17(18,19)20)9-14(12)21-13/h4,6-9H,5H2,1-3H3/b6-4+. The van der Waals surface area contributed by atoms with Crippen LogP contribution < -0.4 is 0 Å². The van der Waals surface area contributed by atoms with Crippen molar-refractivity contribution in [2.45, 2.75) is 26.9 Å². The van der Waals surface area contributed by atoms with Gasteiger partial charge in [-0.1, -0.05) is 12.1 Å². The highest BCUT2D eigenvalue weighted by molar-refractivity contribution is 6.00. The number of nitrogens with zero attached hydrogens (tertiary/aromatic N) is 1. The van der Waals surface area contributed by atoms with Gasteiger partial charge >= 0.3 is 12.1 Å². The van der Waals surface area contributed by atoms with Crippen LogP contribution in [0, 0.1) is 6.92 Å². The molecule has 0 radical (unpaired) electrons. The molecule has 0 aliphatic heterocycles. The second-order valence-corrected chi connectivity index (χ2v) is 4.95. The highest BCUT2D eigenvalue weighted by Gasteiger charge is 2.31. The predicted octanol–water partition coefficient (Wildman–Crippen LogP) is 4.77. The summed E-state index contributed by atoms with van der Waals surface area (Å²) in [4.78, 5) is 16.4. The number of carbonyl (C=O) groups is 1. The van der Waals surface area contributed by atoms with E-state index in [9.17, 15) is 18.0 Å². The number of esters is 1. The third kappa shape index (κ3) is 3.36. The van der Waals surface area contributed by atoms with Crippen LogP contribution in [-0.2, 0) is 10.9 Å². The van der Waals surface area contributed by atoms with Gasteiger partial charge in [0.2, 0.25) is 0 Å². The molecule has 0 unspecified atom stereocenters. The molecule has 0 fully saturated rings. The van der Waals surface area contributed by atoms with E-state index in [1.807, 2.05) is 0 Å². The van der Waals surface area contributed by atoms with E-state index in [4.69, 9.17) is 4.74 Å². The van der Waals surface area contributed by atoms with E-state index in [1.165, 1.54) is 6.07 Å². The van der Waals surface area contributed by atoms with Crippen molar-refractivity contribution in [1.82, 2.24) is 4.98 Å². The lowest BCUT2D eigenvalue weighted by Gasteiger charge is -2.13. The van der Waals surface area contributed by atoms with Crippen molar-refractivity contribution in [3.05, 3.63) is 46.7 Å². The van der Waals surface area contributed by atoms with Crippen LogP contribution in [-0.4, -0.2) is 17.6 Å². The van der Waals surface area contributed by atoms with Crippen LogP contribution in [0.5, 0.6) is 0 Å². The molecule has 3 nitrogen and oxygen atoms in total. The molecule has 0 atom stereocenters. The largest absolute Gasteiger partial charge is 0.462 e. The number of aromatic nitrogens is 1. The minimum atomic E-state index is -4.44. The Morgan fingerprint density at radius 1 is 1.35 bits per heavy atom. The maximum absolute atomic E-state index is 12.9. The molecule has 1 heterocycles. The van der Waals surface area contributed by atoms with Crippen molar-refractivity contribution in [2.24, 2.45) is 0 Å². The Morgan fingerprint density at radius 3 is 2.61 bits per heavy atom. The third-order valence-corrected chi connectivity index (χ3v) is 3.41. The van der Waals surface area contributed by atoms with Gasteiger partial charge in [-0.3, -0.25) is 0 Å². The Balaban J connectivity index is 2.76. The number of aryl methyl sites for hydroxylation is 1. The Kier molecular flexibility index (Phi) is 4.73. The number of allylic oxidation sites excluding steroid dienone is 1. The van der Waals surface area contributed by atoms with Crippen LogP contribution in [0.3, 0.4) is 0 Å². The van der Waals surface area contributed by atoms with Gasteiger partial charge in [-0.15, -0.1) is 0 Å². The number of fused-ring (bicyclic) bond motifs is 1. The molecule has 0 spiro atoms. The zero-order chi connectivity index (χ0) is 17.2. The number of hydrogen-bond donors (Lipinski definition) is 0. The van der Waals surface area contributed by atoms with Crippen LogP contribution >= 0.6 is 0 Å². The lowest BCUT2D eigenvalue weighted by Crippen LogP contribution is -2.11. The predicted molar refractivity (Wildman–Crippen MR) is 82.1 cm³/mol. The smallest absolute Gasteiger partial charge is 0.416 e. The summed E-state index contributed by atoms with van der Waals surface area (Å²) in [6.45, 7) is 5.31. The van der Waals surface area contributed by atoms with Crippen molar-refractivity contribution in [3.63, 3.8) is 0 Å². The molecule has 2 rings (SSSR count). The zero-order valence-corrected chi connectivity index (χ0v) is 13.0. The maximum atomic E-state index is 12.9. The summed E-state index contributed by atoms with van der Waals surface area (Å²) in [5.41, 5.74) is 0.549. The highest BCUT2D eigenvalue weighted by Crippen LogP contribution is 2.33. The Labute approximate surface area is 131 Å². The van der Waals surface area contributed by atoms with E-state index in [-0.39, 0.29) is 17.7 Å². The fraction of sp³-hybridized carbons (Fsp3) is 0.294. The Hall–Kier alpha value is -2.37. The van der Waals surface area contributed by atoms with Gasteiger partial charge in [0.1, 0.15) is 0 Å². The molecular weight excluding hydrogens is 307 g/mol. The van der Waals surface area contributed by atoms with Crippen molar-refractivity contribution in [3.8, 4) is 0 Å². The molecule has 6 heteroatoms. The Morgan fingerprint density at radius 2 is 2.04 bits per heavy atom. The monoisotopic (exact) mass is 323 g/mol. The zero-order valence-electron chi connectivity index (χ0n) is 13.0. The molecule has 0 aliphatic rings. The number of ether oxygens (including phenoxy) is 1. The molecule has 2 aromatic rings. The summed E-state index contributed by atoms with van der Waals surface area (Å²) in [5.74, 6) is -0.535. The van der Waals surface area contributed by atoms with Gasteiger partial charge < -0.3 is 4.74 Å². The molecule has 0 saturated carbocycles. The van der Waals surface area contributed by atoms with Gasteiger partial charge in [-0.25, -0.2) is 9.78 Å². The molecular formula is C17H16F3NO2. The molecule has 1 aromatic heterocycles. The third-order valence-electron chi connectivity index (χ3n) is 3.41. The van der Waals surface area contributed by atoms with Crippen molar-refractivity contribution in [1.29, 1.82) is 0 Å². The average molecular weight is 323 g/mol. The van der Waals surface area contributed by atoms with Crippen molar-refractivity contribution >= 4 is 22.9 Å². The van der Waals surface area contributed by atoms with Crippen LogP contribution in [0.1, 0.15) is 41.0 Å². The fourth-order valence-electron chi connectivity index (χ4n) is 2.37. The van der Waals surface area contributed by atoms with Gasteiger partial charge in [0, 0.05) is 5.39 Å². The number of carbonyl (C=O) groups excluding carboxylic acids is 1. The number of pyridine rings is 1. The average Bonchev–Trinajstić information content (AvgIpc) is 2.46. The molecule has 0 bridgehead atoms. The van der Waals surface area contributed by atoms with Crippen molar-refractivity contribution < 1.29 is 22.7 Å². The minimum absolute atomic E-state index is 0.193. The highest BCUT2D eigenvalue weighted by atomic mass is 19.4. The van der Waals surface area contributed by atoms with Gasteiger partial charge in [-0.05, 0) is 44.5 Å². The minimum Gasteiger partial charge on any atom is -0.462 e. The van der Waals surface area contributed by atoms with Crippen LogP contribution in [0.15, 0.2) is 24.3 Å². The van der Waals surface area contributed by atoms with Gasteiger partial charge in [-0.2, -0.15) is 13.2 Å². The topological polar surface area (TPSA) is 39.2 Å². The molecule has 0 aliphatic carbocycles. The fourth-order valence-corrected chi connectivity index (χ4v) is 2.37. The van der Waals surface area contributed by atoms with E-state index in [2.05, 4.69) is 4.98 Å². The first-order chi connectivity index (χ1) is 10.8. The summed E-state index contributed by atoms with van der Waals surface area (Å²) in [5, 5.41) is 0.495. The van der Waals surface area contributed by atoms with E-state index in [1.54, 1.807) is 32.9 Å². The second kappa shape index (κ2) is 6.40. The first kappa shape index (κ1) is 17.0. The molecule has 122 valence electrons. The lowest BCUT2D eigenvalue weighted by molar-refractivity contribution is -0.137. The summed E-state index contributed by atoms with van der Waals surface area (Å²) in [6.07, 6.45) is -1.19. The van der Waals surface area contributed by atoms with E-state index >= 15 is 0 Å². The van der Waals surface area contributed by atoms with Gasteiger partial charge in [0.15, 0.2) is 0 Å². The van der Waals surface area contributed by atoms with Crippen molar-refractivity contribution in [2.75, 3.05) is 6.61 Å². The van der Waals surface area contributed by atoms with Crippen LogP contribution in [0.4, 0.5) is 13.2 Å². The summed E-state index contributed by atoms with van der Waals surface area (Å²) >= 11 is 0. The first-order valence-electron chi connectivity index (χ1n) is 7.11. The molecule has 0 amide bonds.